The molecule has 0 unspecified atom stereocenters. The van der Waals surface area contributed by atoms with E-state index < -0.39 is 17.1 Å². The Hall–Kier alpha value is -2.66. The highest BCUT2D eigenvalue weighted by Gasteiger charge is 2.18. The molecular weight excluding hydrogens is 376 g/mol. The lowest BCUT2D eigenvalue weighted by molar-refractivity contribution is 0.447. The van der Waals surface area contributed by atoms with Crippen molar-refractivity contribution in [1.82, 2.24) is 9.97 Å². The standard InChI is InChI=1S/C20H24N4O3S/c21-11-14-13-9-7-5-3-1-2-4-6-8-10-16(13)28-19(14)22-12-15-17(25)23-20(27)24-18(15)26/h12H,1-10H2,(H3,23,24,25,26,27). The largest absolute Gasteiger partial charge is 0.494 e. The van der Waals surface area contributed by atoms with Gasteiger partial charge in [-0.1, -0.05) is 38.5 Å². The average molecular weight is 401 g/mol. The van der Waals surface area contributed by atoms with Gasteiger partial charge in [0.1, 0.15) is 16.6 Å². The molecule has 0 saturated heterocycles. The molecule has 3 N–H and O–H groups in total. The van der Waals surface area contributed by atoms with E-state index in [9.17, 15) is 20.0 Å². The molecule has 0 aliphatic heterocycles. The molecule has 3 rings (SSSR count). The Morgan fingerprint density at radius 1 is 1.00 bits per heavy atom. The number of aromatic hydroxyl groups is 1. The van der Waals surface area contributed by atoms with E-state index in [1.54, 1.807) is 0 Å². The molecule has 0 radical (unpaired) electrons. The molecule has 148 valence electrons. The Morgan fingerprint density at radius 2 is 1.64 bits per heavy atom. The van der Waals surface area contributed by atoms with Crippen LogP contribution in [0.4, 0.5) is 5.00 Å². The van der Waals surface area contributed by atoms with Crippen molar-refractivity contribution in [1.29, 1.82) is 5.26 Å². The molecule has 0 aromatic carbocycles. The molecule has 2 aromatic rings. The summed E-state index contributed by atoms with van der Waals surface area (Å²) in [5, 5.41) is 20.1. The Labute approximate surface area is 166 Å². The second kappa shape index (κ2) is 9.51. The van der Waals surface area contributed by atoms with Crippen molar-refractivity contribution < 1.29 is 5.11 Å². The topological polar surface area (TPSA) is 122 Å². The van der Waals surface area contributed by atoms with Crippen LogP contribution in [-0.2, 0) is 12.8 Å². The van der Waals surface area contributed by atoms with Crippen LogP contribution in [0.2, 0.25) is 0 Å². The van der Waals surface area contributed by atoms with E-state index in [1.165, 1.54) is 61.0 Å². The number of H-pyrrole nitrogens is 2. The second-order valence-electron chi connectivity index (χ2n) is 7.05. The summed E-state index contributed by atoms with van der Waals surface area (Å²) in [6.45, 7) is 0. The second-order valence-corrected chi connectivity index (χ2v) is 8.14. The number of fused-ring (bicyclic) bond motifs is 1. The summed E-state index contributed by atoms with van der Waals surface area (Å²) >= 11 is 1.49. The molecule has 1 aliphatic rings. The molecule has 0 amide bonds. The van der Waals surface area contributed by atoms with E-state index in [2.05, 4.69) is 21.0 Å². The fourth-order valence-corrected chi connectivity index (χ4v) is 4.73. The molecule has 8 heteroatoms. The number of nitrogens with one attached hydrogen (secondary N) is 2. The molecule has 0 saturated carbocycles. The van der Waals surface area contributed by atoms with Gasteiger partial charge in [-0.25, -0.2) is 9.79 Å². The Balaban J connectivity index is 1.93. The first-order valence-electron chi connectivity index (χ1n) is 9.74. The van der Waals surface area contributed by atoms with Gasteiger partial charge in [-0.15, -0.1) is 11.3 Å². The Bertz CT molecular complexity index is 1010. The van der Waals surface area contributed by atoms with Gasteiger partial charge in [0.2, 0.25) is 5.88 Å². The normalized spacial score (nSPS) is 16.1. The molecular formula is C20H24N4O3S. The summed E-state index contributed by atoms with van der Waals surface area (Å²) in [7, 11) is 0. The number of aromatic amines is 2. The lowest BCUT2D eigenvalue weighted by atomic mass is 9.98. The number of aromatic nitrogens is 2. The zero-order valence-electron chi connectivity index (χ0n) is 15.7. The van der Waals surface area contributed by atoms with Crippen molar-refractivity contribution in [2.45, 2.75) is 64.2 Å². The smallest absolute Gasteiger partial charge is 0.328 e. The van der Waals surface area contributed by atoms with Crippen molar-refractivity contribution in [3.63, 3.8) is 0 Å². The van der Waals surface area contributed by atoms with Gasteiger partial charge >= 0.3 is 5.69 Å². The van der Waals surface area contributed by atoms with Gasteiger partial charge in [0.25, 0.3) is 5.56 Å². The molecule has 0 spiro atoms. The lowest BCUT2D eigenvalue weighted by Gasteiger charge is -2.07. The van der Waals surface area contributed by atoms with Crippen molar-refractivity contribution in [2.75, 3.05) is 0 Å². The summed E-state index contributed by atoms with van der Waals surface area (Å²) in [5.74, 6) is -0.536. The summed E-state index contributed by atoms with van der Waals surface area (Å²) in [5.41, 5.74) is 0.00804. The van der Waals surface area contributed by atoms with Crippen molar-refractivity contribution in [3.8, 4) is 11.9 Å². The quantitative estimate of drug-likeness (QED) is 0.666. The van der Waals surface area contributed by atoms with Gasteiger partial charge in [0.05, 0.1) is 5.56 Å². The van der Waals surface area contributed by atoms with E-state index in [0.717, 1.165) is 31.2 Å². The number of nitrogens with zero attached hydrogens (tertiary/aromatic N) is 2. The van der Waals surface area contributed by atoms with Crippen LogP contribution >= 0.6 is 11.3 Å². The number of nitriles is 1. The van der Waals surface area contributed by atoms with Crippen LogP contribution in [0.25, 0.3) is 0 Å². The molecule has 7 nitrogen and oxygen atoms in total. The highest BCUT2D eigenvalue weighted by molar-refractivity contribution is 7.16. The minimum Gasteiger partial charge on any atom is -0.494 e. The lowest BCUT2D eigenvalue weighted by Crippen LogP contribution is -2.24. The fraction of sp³-hybridized carbons (Fsp3) is 0.500. The van der Waals surface area contributed by atoms with Crippen molar-refractivity contribution in [3.05, 3.63) is 42.4 Å². The first-order valence-corrected chi connectivity index (χ1v) is 10.6. The van der Waals surface area contributed by atoms with E-state index in [1.807, 2.05) is 0 Å². The maximum atomic E-state index is 11.9. The molecule has 2 aromatic heterocycles. The summed E-state index contributed by atoms with van der Waals surface area (Å²) < 4.78 is 0. The molecule has 0 bridgehead atoms. The van der Waals surface area contributed by atoms with Crippen LogP contribution < -0.4 is 11.2 Å². The van der Waals surface area contributed by atoms with E-state index >= 15 is 0 Å². The van der Waals surface area contributed by atoms with Gasteiger partial charge in [-0.2, -0.15) is 5.26 Å². The fourth-order valence-electron chi connectivity index (χ4n) is 3.55. The number of rotatable bonds is 2. The number of hydrogen-bond acceptors (Lipinski definition) is 6. The number of aryl methyl sites for hydroxylation is 1. The van der Waals surface area contributed by atoms with Crippen LogP contribution in [0.15, 0.2) is 14.6 Å². The third-order valence-electron chi connectivity index (χ3n) is 5.03. The number of hydrogen-bond donors (Lipinski definition) is 3. The predicted molar refractivity (Wildman–Crippen MR) is 110 cm³/mol. The average Bonchev–Trinajstić information content (AvgIpc) is 2.97. The zero-order valence-corrected chi connectivity index (χ0v) is 16.5. The van der Waals surface area contributed by atoms with Gasteiger partial charge in [0.15, 0.2) is 0 Å². The van der Waals surface area contributed by atoms with E-state index in [4.69, 9.17) is 0 Å². The highest BCUT2D eigenvalue weighted by atomic mass is 32.1. The zero-order chi connectivity index (χ0) is 19.9. The third kappa shape index (κ3) is 4.78. The van der Waals surface area contributed by atoms with Crippen LogP contribution in [0.1, 0.15) is 72.9 Å². The van der Waals surface area contributed by atoms with Crippen LogP contribution in [0.3, 0.4) is 0 Å². The van der Waals surface area contributed by atoms with Gasteiger partial charge in [-0.3, -0.25) is 14.8 Å². The first-order chi connectivity index (χ1) is 13.6. The monoisotopic (exact) mass is 400 g/mol. The predicted octanol–water partition coefficient (Wildman–Crippen LogP) is 3.67. The molecule has 2 heterocycles. The molecule has 0 atom stereocenters. The maximum absolute atomic E-state index is 11.9. The summed E-state index contributed by atoms with van der Waals surface area (Å²) in [4.78, 5) is 32.8. The molecule has 1 aliphatic carbocycles. The Morgan fingerprint density at radius 3 is 2.29 bits per heavy atom. The first kappa shape index (κ1) is 20.1. The van der Waals surface area contributed by atoms with E-state index in [-0.39, 0.29) is 5.56 Å². The van der Waals surface area contributed by atoms with E-state index in [0.29, 0.717) is 10.6 Å². The van der Waals surface area contributed by atoms with Gasteiger partial charge < -0.3 is 5.11 Å². The number of aliphatic imine (C=N–C) groups is 1. The van der Waals surface area contributed by atoms with Gasteiger partial charge in [-0.05, 0) is 31.2 Å². The Kier molecular flexibility index (Phi) is 6.82. The maximum Gasteiger partial charge on any atom is 0.328 e. The third-order valence-corrected chi connectivity index (χ3v) is 6.23. The van der Waals surface area contributed by atoms with Gasteiger partial charge in [0, 0.05) is 11.1 Å². The SMILES string of the molecule is N#Cc1c(N=Cc2c(O)[nH]c(=O)[nH]c2=O)sc2c1CCCCCCCCCC2. The minimum atomic E-state index is -0.782. The summed E-state index contributed by atoms with van der Waals surface area (Å²) in [6, 6.07) is 2.28. The number of thiophene rings is 1. The molecule has 0 fully saturated rings. The van der Waals surface area contributed by atoms with Crippen LogP contribution in [0.5, 0.6) is 5.88 Å². The summed E-state index contributed by atoms with van der Waals surface area (Å²) in [6.07, 6.45) is 12.6. The van der Waals surface area contributed by atoms with Crippen molar-refractivity contribution >= 4 is 22.6 Å². The van der Waals surface area contributed by atoms with Crippen LogP contribution in [0, 0.1) is 11.3 Å². The highest BCUT2D eigenvalue weighted by Crippen LogP contribution is 2.37. The minimum absolute atomic E-state index is 0.133. The van der Waals surface area contributed by atoms with Crippen LogP contribution in [-0.4, -0.2) is 21.3 Å². The molecule has 28 heavy (non-hydrogen) atoms. The van der Waals surface area contributed by atoms with Crippen molar-refractivity contribution in [2.24, 2.45) is 4.99 Å².